The van der Waals surface area contributed by atoms with Crippen molar-refractivity contribution in [2.45, 2.75) is 17.6 Å². The average Bonchev–Trinajstić information content (AvgIpc) is 2.47. The smallest absolute Gasteiger partial charge is 0.238 e. The van der Waals surface area contributed by atoms with Crippen molar-refractivity contribution in [3.05, 3.63) is 46.1 Å². The maximum absolute atomic E-state index is 12.4. The summed E-state index contributed by atoms with van der Waals surface area (Å²) in [4.78, 5) is 5.04. The van der Waals surface area contributed by atoms with E-state index in [1.54, 1.807) is 42.2 Å². The monoisotopic (exact) mass is 406 g/mol. The molecule has 1 aromatic heterocycles. The number of thioether (sulfide) groups is 1. The lowest BCUT2D eigenvalue weighted by molar-refractivity contribution is 0.414. The molecule has 9 heteroatoms. The molecule has 0 aliphatic carbocycles. The summed E-state index contributed by atoms with van der Waals surface area (Å²) < 4.78 is 32.4. The van der Waals surface area contributed by atoms with E-state index in [9.17, 15) is 8.42 Å². The molecule has 2 aromatic rings. The van der Waals surface area contributed by atoms with Crippen LogP contribution in [0.2, 0.25) is 10.0 Å². The van der Waals surface area contributed by atoms with Gasteiger partial charge in [0, 0.05) is 21.1 Å². The second-order valence-electron chi connectivity index (χ2n) is 4.79. The quantitative estimate of drug-likeness (QED) is 0.687. The van der Waals surface area contributed by atoms with E-state index in [1.165, 1.54) is 7.11 Å². The summed E-state index contributed by atoms with van der Waals surface area (Å²) >= 11 is 13.4. The Morgan fingerprint density at radius 2 is 1.88 bits per heavy atom. The zero-order valence-electron chi connectivity index (χ0n) is 13.0. The van der Waals surface area contributed by atoms with Crippen molar-refractivity contribution in [1.29, 1.82) is 0 Å². The van der Waals surface area contributed by atoms with Gasteiger partial charge in [-0.15, -0.1) is 11.8 Å². The van der Waals surface area contributed by atoms with Crippen LogP contribution in [0.15, 0.2) is 35.4 Å². The van der Waals surface area contributed by atoms with Gasteiger partial charge >= 0.3 is 0 Å². The minimum Gasteiger partial charge on any atom is -0.493 e. The van der Waals surface area contributed by atoms with Crippen LogP contribution in [0.3, 0.4) is 0 Å². The Balaban J connectivity index is 2.22. The fourth-order valence-corrected chi connectivity index (χ4v) is 4.35. The Morgan fingerprint density at radius 3 is 2.46 bits per heavy atom. The van der Waals surface area contributed by atoms with Gasteiger partial charge in [-0.05, 0) is 35.6 Å². The van der Waals surface area contributed by atoms with E-state index in [0.29, 0.717) is 21.4 Å². The van der Waals surface area contributed by atoms with Crippen LogP contribution >= 0.6 is 35.0 Å². The van der Waals surface area contributed by atoms with Gasteiger partial charge in [-0.2, -0.15) is 0 Å². The Morgan fingerprint density at radius 1 is 1.21 bits per heavy atom. The van der Waals surface area contributed by atoms with Crippen molar-refractivity contribution in [2.24, 2.45) is 0 Å². The largest absolute Gasteiger partial charge is 0.493 e. The van der Waals surface area contributed by atoms with E-state index in [2.05, 4.69) is 9.71 Å². The number of benzene rings is 1. The summed E-state index contributed by atoms with van der Waals surface area (Å²) in [5.41, 5.74) is 0.483. The van der Waals surface area contributed by atoms with E-state index in [4.69, 9.17) is 27.9 Å². The highest BCUT2D eigenvalue weighted by atomic mass is 35.5. The van der Waals surface area contributed by atoms with Crippen molar-refractivity contribution >= 4 is 50.8 Å². The van der Waals surface area contributed by atoms with Gasteiger partial charge in [0.2, 0.25) is 10.0 Å². The molecule has 0 unspecified atom stereocenters. The van der Waals surface area contributed by atoms with Gasteiger partial charge in [0.05, 0.1) is 12.9 Å². The van der Waals surface area contributed by atoms with Crippen LogP contribution in [0, 0.1) is 0 Å². The van der Waals surface area contributed by atoms with Gasteiger partial charge in [-0.1, -0.05) is 30.1 Å². The lowest BCUT2D eigenvalue weighted by atomic mass is 10.2. The van der Waals surface area contributed by atoms with E-state index in [1.807, 2.05) is 6.92 Å². The van der Waals surface area contributed by atoms with Crippen molar-refractivity contribution < 1.29 is 13.2 Å². The van der Waals surface area contributed by atoms with Gasteiger partial charge in [0.1, 0.15) is 0 Å². The van der Waals surface area contributed by atoms with E-state index in [0.717, 1.165) is 10.6 Å². The van der Waals surface area contributed by atoms with Crippen LogP contribution in [-0.4, -0.2) is 26.3 Å². The molecule has 2 rings (SSSR count). The van der Waals surface area contributed by atoms with Gasteiger partial charge in [-0.25, -0.2) is 13.4 Å². The van der Waals surface area contributed by atoms with E-state index >= 15 is 0 Å². The minimum absolute atomic E-state index is 0.145. The molecule has 0 saturated carbocycles. The first-order valence-electron chi connectivity index (χ1n) is 6.95. The first kappa shape index (κ1) is 19.2. The molecule has 130 valence electrons. The molecule has 24 heavy (non-hydrogen) atoms. The summed E-state index contributed by atoms with van der Waals surface area (Å²) in [6.45, 7) is 2.02. The highest BCUT2D eigenvalue weighted by Crippen LogP contribution is 2.29. The Kier molecular flexibility index (Phi) is 6.62. The highest BCUT2D eigenvalue weighted by Gasteiger charge is 2.17. The molecule has 0 saturated heterocycles. The molecule has 0 aliphatic rings. The molecule has 0 amide bonds. The van der Waals surface area contributed by atoms with E-state index in [-0.39, 0.29) is 11.6 Å². The highest BCUT2D eigenvalue weighted by molar-refractivity contribution is 7.99. The number of anilines is 1. The van der Waals surface area contributed by atoms with Crippen LogP contribution in [0.4, 0.5) is 5.82 Å². The average molecular weight is 407 g/mol. The normalized spacial score (nSPS) is 11.3. The van der Waals surface area contributed by atoms with Crippen LogP contribution in [0.1, 0.15) is 12.5 Å². The van der Waals surface area contributed by atoms with Gasteiger partial charge in [-0.3, -0.25) is 4.72 Å². The Hall–Kier alpha value is -1.15. The van der Waals surface area contributed by atoms with Crippen LogP contribution < -0.4 is 9.46 Å². The van der Waals surface area contributed by atoms with Gasteiger partial charge in [0.25, 0.3) is 0 Å². The number of nitrogens with one attached hydrogen (secondary N) is 1. The third-order valence-electron chi connectivity index (χ3n) is 2.89. The zero-order valence-corrected chi connectivity index (χ0v) is 16.2. The summed E-state index contributed by atoms with van der Waals surface area (Å²) in [6, 6.07) is 6.40. The molecule has 0 fully saturated rings. The number of methoxy groups -OCH3 is 1. The maximum Gasteiger partial charge on any atom is 0.238 e. The fraction of sp³-hybridized carbons (Fsp3) is 0.267. The van der Waals surface area contributed by atoms with Crippen LogP contribution in [0.5, 0.6) is 5.75 Å². The third kappa shape index (κ3) is 5.44. The summed E-state index contributed by atoms with van der Waals surface area (Å²) in [7, 11) is -2.23. The standard InChI is InChI=1S/C15H16Cl2N2O3S2/c1-3-23-13-7-14(22-2)15(18-8-13)19-24(20,21)9-10-4-11(16)6-12(17)5-10/h4-8H,3,9H2,1-2H3,(H,18,19). The Labute approximate surface area is 155 Å². The predicted molar refractivity (Wildman–Crippen MR) is 99.9 cm³/mol. The van der Waals surface area contributed by atoms with Crippen molar-refractivity contribution in [2.75, 3.05) is 17.6 Å². The number of sulfonamides is 1. The molecular formula is C15H16Cl2N2O3S2. The number of aromatic nitrogens is 1. The number of hydrogen-bond donors (Lipinski definition) is 1. The molecule has 0 spiro atoms. The Bertz CT molecular complexity index is 809. The van der Waals surface area contributed by atoms with Crippen molar-refractivity contribution in [3.63, 3.8) is 0 Å². The fourth-order valence-electron chi connectivity index (χ4n) is 2.00. The molecule has 5 nitrogen and oxygen atoms in total. The number of nitrogens with zero attached hydrogens (tertiary/aromatic N) is 1. The molecule has 0 atom stereocenters. The molecule has 0 bridgehead atoms. The van der Waals surface area contributed by atoms with Crippen molar-refractivity contribution in [3.8, 4) is 5.75 Å². The molecule has 1 heterocycles. The van der Waals surface area contributed by atoms with Crippen molar-refractivity contribution in [1.82, 2.24) is 4.98 Å². The molecule has 0 radical (unpaired) electrons. The number of pyridine rings is 1. The van der Waals surface area contributed by atoms with Gasteiger partial charge in [0.15, 0.2) is 11.6 Å². The molecular weight excluding hydrogens is 391 g/mol. The summed E-state index contributed by atoms with van der Waals surface area (Å²) in [5.74, 6) is 1.11. The first-order chi connectivity index (χ1) is 11.3. The second-order valence-corrected chi connectivity index (χ2v) is 8.73. The predicted octanol–water partition coefficient (Wildman–Crippen LogP) is 4.45. The number of halogens is 2. The molecule has 0 aliphatic heterocycles. The number of rotatable bonds is 7. The van der Waals surface area contributed by atoms with Crippen LogP contribution in [-0.2, 0) is 15.8 Å². The molecule has 1 aromatic carbocycles. The summed E-state index contributed by atoms with van der Waals surface area (Å²) in [6.07, 6.45) is 1.60. The number of hydrogen-bond acceptors (Lipinski definition) is 5. The SMILES string of the molecule is CCSc1cnc(NS(=O)(=O)Cc2cc(Cl)cc(Cl)c2)c(OC)c1. The molecule has 1 N–H and O–H groups in total. The second kappa shape index (κ2) is 8.29. The minimum atomic E-state index is -3.70. The topological polar surface area (TPSA) is 68.3 Å². The maximum atomic E-state index is 12.4. The lowest BCUT2D eigenvalue weighted by Gasteiger charge is -2.12. The lowest BCUT2D eigenvalue weighted by Crippen LogP contribution is -2.16. The van der Waals surface area contributed by atoms with Gasteiger partial charge < -0.3 is 4.74 Å². The number of ether oxygens (including phenoxy) is 1. The third-order valence-corrected chi connectivity index (χ3v) is 5.39. The zero-order chi connectivity index (χ0) is 17.7. The van der Waals surface area contributed by atoms with E-state index < -0.39 is 10.0 Å². The van der Waals surface area contributed by atoms with Crippen LogP contribution in [0.25, 0.3) is 0 Å². The first-order valence-corrected chi connectivity index (χ1v) is 10.3. The summed E-state index contributed by atoms with van der Waals surface area (Å²) in [5, 5.41) is 0.758.